The summed E-state index contributed by atoms with van der Waals surface area (Å²) in [6.07, 6.45) is 0. The predicted molar refractivity (Wildman–Crippen MR) is 55.5 cm³/mol. The minimum Gasteiger partial charge on any atom is -0.326 e. The van der Waals surface area contributed by atoms with Crippen LogP contribution in [-0.2, 0) is 4.79 Å². The van der Waals surface area contributed by atoms with Crippen molar-refractivity contribution >= 4 is 17.2 Å². The summed E-state index contributed by atoms with van der Waals surface area (Å²) in [6, 6.07) is 7.63. The monoisotopic (exact) mass is 175 g/mol. The fraction of sp³-hybridized carbons (Fsp3) is 0.182. The maximum atomic E-state index is 10.8. The van der Waals surface area contributed by atoms with E-state index in [4.69, 9.17) is 0 Å². The van der Waals surface area contributed by atoms with Gasteiger partial charge < -0.3 is 5.32 Å². The molecular formula is C11H13NO. The van der Waals surface area contributed by atoms with Crippen molar-refractivity contribution in [3.05, 3.63) is 36.4 Å². The first-order chi connectivity index (χ1) is 6.09. The van der Waals surface area contributed by atoms with Crippen LogP contribution in [0.15, 0.2) is 30.8 Å². The first-order valence-electron chi connectivity index (χ1n) is 4.13. The van der Waals surface area contributed by atoms with Gasteiger partial charge in [0.2, 0.25) is 5.91 Å². The molecule has 0 fully saturated rings. The van der Waals surface area contributed by atoms with Crippen LogP contribution in [0.2, 0.25) is 0 Å². The Hall–Kier alpha value is -1.57. The Bertz CT molecular complexity index is 342. The minimum absolute atomic E-state index is 0.0566. The summed E-state index contributed by atoms with van der Waals surface area (Å²) in [7, 11) is 0. The molecule has 0 heterocycles. The minimum atomic E-state index is -0.0566. The van der Waals surface area contributed by atoms with Crippen LogP contribution in [0, 0.1) is 0 Å². The van der Waals surface area contributed by atoms with Crippen molar-refractivity contribution in [2.75, 3.05) is 5.32 Å². The molecule has 0 saturated heterocycles. The van der Waals surface area contributed by atoms with Crippen LogP contribution < -0.4 is 5.32 Å². The van der Waals surface area contributed by atoms with Crippen LogP contribution >= 0.6 is 0 Å². The molecule has 1 aromatic rings. The van der Waals surface area contributed by atoms with Crippen molar-refractivity contribution in [1.82, 2.24) is 0 Å². The molecule has 68 valence electrons. The Balaban J connectivity index is 2.91. The van der Waals surface area contributed by atoms with Gasteiger partial charge in [0, 0.05) is 12.6 Å². The van der Waals surface area contributed by atoms with Crippen LogP contribution in [0.4, 0.5) is 5.69 Å². The first-order valence-corrected chi connectivity index (χ1v) is 4.13. The summed E-state index contributed by atoms with van der Waals surface area (Å²) < 4.78 is 0. The van der Waals surface area contributed by atoms with Gasteiger partial charge in [0.15, 0.2) is 0 Å². The second-order valence-corrected chi connectivity index (χ2v) is 3.04. The van der Waals surface area contributed by atoms with Crippen LogP contribution in [0.5, 0.6) is 0 Å². The van der Waals surface area contributed by atoms with Crippen LogP contribution in [0.25, 0.3) is 5.57 Å². The predicted octanol–water partition coefficient (Wildman–Crippen LogP) is 2.68. The van der Waals surface area contributed by atoms with E-state index in [1.54, 1.807) is 0 Å². The zero-order valence-corrected chi connectivity index (χ0v) is 7.92. The Labute approximate surface area is 78.3 Å². The number of benzene rings is 1. The summed E-state index contributed by atoms with van der Waals surface area (Å²) in [5, 5.41) is 2.72. The molecule has 0 aliphatic carbocycles. The molecule has 1 rings (SSSR count). The number of carbonyl (C=O) groups is 1. The Morgan fingerprint density at radius 2 is 2.08 bits per heavy atom. The molecule has 2 nitrogen and oxygen atoms in total. The zero-order chi connectivity index (χ0) is 9.84. The number of hydrogen-bond acceptors (Lipinski definition) is 1. The van der Waals surface area contributed by atoms with Gasteiger partial charge in [-0.3, -0.25) is 4.79 Å². The van der Waals surface area contributed by atoms with Crippen molar-refractivity contribution in [3.8, 4) is 0 Å². The van der Waals surface area contributed by atoms with E-state index in [0.717, 1.165) is 16.8 Å². The fourth-order valence-corrected chi connectivity index (χ4v) is 1.07. The highest BCUT2D eigenvalue weighted by atomic mass is 16.1. The Kier molecular flexibility index (Phi) is 2.85. The second kappa shape index (κ2) is 3.90. The molecule has 0 aliphatic heterocycles. The van der Waals surface area contributed by atoms with Gasteiger partial charge in [-0.1, -0.05) is 24.3 Å². The molecule has 0 atom stereocenters. The number of anilines is 1. The third kappa shape index (κ3) is 2.75. The molecule has 1 aromatic carbocycles. The molecule has 1 amide bonds. The largest absolute Gasteiger partial charge is 0.326 e. The van der Waals surface area contributed by atoms with Gasteiger partial charge in [0.1, 0.15) is 0 Å². The molecule has 1 N–H and O–H groups in total. The topological polar surface area (TPSA) is 29.1 Å². The van der Waals surface area contributed by atoms with E-state index in [9.17, 15) is 4.79 Å². The van der Waals surface area contributed by atoms with E-state index >= 15 is 0 Å². The van der Waals surface area contributed by atoms with Crippen molar-refractivity contribution in [2.45, 2.75) is 13.8 Å². The van der Waals surface area contributed by atoms with E-state index in [1.807, 2.05) is 31.2 Å². The number of allylic oxidation sites excluding steroid dienone is 1. The average Bonchev–Trinajstić information content (AvgIpc) is 2.03. The highest BCUT2D eigenvalue weighted by Crippen LogP contribution is 2.16. The molecule has 0 aliphatic rings. The lowest BCUT2D eigenvalue weighted by Gasteiger charge is -2.04. The third-order valence-corrected chi connectivity index (χ3v) is 1.68. The molecule has 2 heteroatoms. The summed E-state index contributed by atoms with van der Waals surface area (Å²) in [4.78, 5) is 10.8. The van der Waals surface area contributed by atoms with Gasteiger partial charge in [0.05, 0.1) is 0 Å². The van der Waals surface area contributed by atoms with Gasteiger partial charge in [-0.2, -0.15) is 0 Å². The molecule has 13 heavy (non-hydrogen) atoms. The molecule has 0 saturated carbocycles. The third-order valence-electron chi connectivity index (χ3n) is 1.68. The maximum Gasteiger partial charge on any atom is 0.221 e. The normalized spacial score (nSPS) is 9.38. The fourth-order valence-electron chi connectivity index (χ4n) is 1.07. The van der Waals surface area contributed by atoms with E-state index in [1.165, 1.54) is 6.92 Å². The van der Waals surface area contributed by atoms with Gasteiger partial charge in [-0.15, -0.1) is 0 Å². The first kappa shape index (κ1) is 9.52. The zero-order valence-electron chi connectivity index (χ0n) is 7.92. The van der Waals surface area contributed by atoms with Gasteiger partial charge in [-0.05, 0) is 24.6 Å². The number of rotatable bonds is 2. The quantitative estimate of drug-likeness (QED) is 0.735. The molecule has 0 spiro atoms. The molecule has 0 unspecified atom stereocenters. The molecular weight excluding hydrogens is 162 g/mol. The summed E-state index contributed by atoms with van der Waals surface area (Å²) >= 11 is 0. The number of hydrogen-bond donors (Lipinski definition) is 1. The van der Waals surface area contributed by atoms with Gasteiger partial charge in [-0.25, -0.2) is 0 Å². The summed E-state index contributed by atoms with van der Waals surface area (Å²) in [5.74, 6) is -0.0566. The number of amides is 1. The lowest BCUT2D eigenvalue weighted by atomic mass is 10.1. The number of nitrogens with one attached hydrogen (secondary N) is 1. The van der Waals surface area contributed by atoms with Crippen LogP contribution in [-0.4, -0.2) is 5.91 Å². The van der Waals surface area contributed by atoms with Crippen LogP contribution in [0.3, 0.4) is 0 Å². The van der Waals surface area contributed by atoms with Gasteiger partial charge in [0.25, 0.3) is 0 Å². The summed E-state index contributed by atoms with van der Waals surface area (Å²) in [5.41, 5.74) is 2.85. The van der Waals surface area contributed by atoms with E-state index < -0.39 is 0 Å². The molecule has 0 bridgehead atoms. The molecule has 0 radical (unpaired) electrons. The highest BCUT2D eigenvalue weighted by molar-refractivity contribution is 5.89. The van der Waals surface area contributed by atoms with E-state index in [-0.39, 0.29) is 5.91 Å². The average molecular weight is 175 g/mol. The molecule has 0 aromatic heterocycles. The lowest BCUT2D eigenvalue weighted by Crippen LogP contribution is -2.05. The maximum absolute atomic E-state index is 10.8. The second-order valence-electron chi connectivity index (χ2n) is 3.04. The lowest BCUT2D eigenvalue weighted by molar-refractivity contribution is -0.114. The Morgan fingerprint density at radius 1 is 1.38 bits per heavy atom. The standard InChI is InChI=1S/C11H13NO/c1-8(2)10-5-4-6-11(7-10)12-9(3)13/h4-7H,1H2,2-3H3,(H,12,13). The van der Waals surface area contributed by atoms with E-state index in [2.05, 4.69) is 11.9 Å². The number of carbonyl (C=O) groups excluding carboxylic acids is 1. The van der Waals surface area contributed by atoms with Gasteiger partial charge >= 0.3 is 0 Å². The smallest absolute Gasteiger partial charge is 0.221 e. The van der Waals surface area contributed by atoms with E-state index in [0.29, 0.717) is 0 Å². The van der Waals surface area contributed by atoms with Crippen molar-refractivity contribution in [1.29, 1.82) is 0 Å². The SMILES string of the molecule is C=C(C)c1cccc(NC(C)=O)c1. The Morgan fingerprint density at radius 3 is 2.62 bits per heavy atom. The summed E-state index contributed by atoms with van der Waals surface area (Å²) in [6.45, 7) is 7.26. The van der Waals surface area contributed by atoms with Crippen molar-refractivity contribution in [2.24, 2.45) is 0 Å². The van der Waals surface area contributed by atoms with Crippen molar-refractivity contribution in [3.63, 3.8) is 0 Å². The highest BCUT2D eigenvalue weighted by Gasteiger charge is 1.97. The van der Waals surface area contributed by atoms with Crippen LogP contribution in [0.1, 0.15) is 19.4 Å². The van der Waals surface area contributed by atoms with Crippen molar-refractivity contribution < 1.29 is 4.79 Å².